The lowest BCUT2D eigenvalue weighted by Crippen LogP contribution is -2.25. The number of nitrogens with zero attached hydrogens (tertiary/aromatic N) is 1. The summed E-state index contributed by atoms with van der Waals surface area (Å²) in [5.74, 6) is 0.927. The second-order valence-corrected chi connectivity index (χ2v) is 7.37. The minimum Gasteiger partial charge on any atom is -0.397 e. The Morgan fingerprint density at radius 2 is 2.35 bits per heavy atom. The van der Waals surface area contributed by atoms with Gasteiger partial charge in [0.25, 0.3) is 0 Å². The molecule has 1 aromatic rings. The van der Waals surface area contributed by atoms with Gasteiger partial charge in [-0.2, -0.15) is 0 Å². The zero-order valence-corrected chi connectivity index (χ0v) is 11.6. The van der Waals surface area contributed by atoms with Crippen molar-refractivity contribution < 1.29 is 8.42 Å². The molecule has 1 fully saturated rings. The van der Waals surface area contributed by atoms with Gasteiger partial charge in [0.1, 0.15) is 5.82 Å². The molecule has 0 spiro atoms. The second-order valence-electron chi connectivity index (χ2n) is 4.11. The average Bonchev–Trinajstić information content (AvgIpc) is 2.57. The molecule has 94 valence electrons. The topological polar surface area (TPSA) is 85.1 Å². The number of nitrogen functional groups attached to an aromatic ring is 1. The Morgan fingerprint density at radius 1 is 1.59 bits per heavy atom. The molecule has 5 nitrogen and oxygen atoms in total. The molecule has 0 amide bonds. The quantitative estimate of drug-likeness (QED) is 0.880. The van der Waals surface area contributed by atoms with Crippen molar-refractivity contribution in [1.29, 1.82) is 0 Å². The summed E-state index contributed by atoms with van der Waals surface area (Å²) in [5.41, 5.74) is 6.14. The van der Waals surface area contributed by atoms with Crippen LogP contribution in [0.25, 0.3) is 0 Å². The van der Waals surface area contributed by atoms with E-state index in [1.807, 2.05) is 0 Å². The summed E-state index contributed by atoms with van der Waals surface area (Å²) in [5, 5.41) is 2.75. The molecule has 0 bridgehead atoms. The van der Waals surface area contributed by atoms with E-state index in [1.165, 1.54) is 6.20 Å². The van der Waals surface area contributed by atoms with Crippen LogP contribution in [0.1, 0.15) is 12.8 Å². The molecule has 2 heterocycles. The molecule has 1 aromatic heterocycles. The highest BCUT2D eigenvalue weighted by Crippen LogP contribution is 2.24. The Labute approximate surface area is 109 Å². The van der Waals surface area contributed by atoms with Crippen molar-refractivity contribution in [2.75, 3.05) is 23.3 Å². The van der Waals surface area contributed by atoms with Crippen molar-refractivity contribution >= 4 is 37.3 Å². The van der Waals surface area contributed by atoms with Crippen LogP contribution in [0.3, 0.4) is 0 Å². The van der Waals surface area contributed by atoms with Gasteiger partial charge in [0.2, 0.25) is 0 Å². The van der Waals surface area contributed by atoms with Gasteiger partial charge in [-0.25, -0.2) is 13.4 Å². The molecule has 0 saturated carbocycles. The van der Waals surface area contributed by atoms with Gasteiger partial charge in [0.05, 0.1) is 27.4 Å². The molecule has 17 heavy (non-hydrogen) atoms. The monoisotopic (exact) mass is 319 g/mol. The molecule has 1 aliphatic rings. The van der Waals surface area contributed by atoms with E-state index in [0.29, 0.717) is 23.8 Å². The minimum atomic E-state index is -2.91. The van der Waals surface area contributed by atoms with Crippen LogP contribution in [0.4, 0.5) is 11.5 Å². The fraction of sp³-hybridized carbons (Fsp3) is 0.500. The Hall–Kier alpha value is -0.820. The van der Waals surface area contributed by atoms with Crippen LogP contribution in [0, 0.1) is 0 Å². The van der Waals surface area contributed by atoms with Crippen molar-refractivity contribution in [2.45, 2.75) is 18.1 Å². The van der Waals surface area contributed by atoms with E-state index < -0.39 is 9.84 Å². The first kappa shape index (κ1) is 12.6. The predicted octanol–water partition coefficient (Wildman–Crippen LogP) is 1.42. The Bertz CT molecular complexity index is 518. The molecule has 0 radical (unpaired) electrons. The maximum atomic E-state index is 11.6. The molecule has 1 unspecified atom stereocenters. The van der Waals surface area contributed by atoms with Gasteiger partial charge in [-0.1, -0.05) is 0 Å². The van der Waals surface area contributed by atoms with Crippen LogP contribution < -0.4 is 11.1 Å². The highest BCUT2D eigenvalue weighted by molar-refractivity contribution is 9.10. The predicted molar refractivity (Wildman–Crippen MR) is 71.6 cm³/mol. The van der Waals surface area contributed by atoms with Crippen LogP contribution in [-0.2, 0) is 9.84 Å². The van der Waals surface area contributed by atoms with Gasteiger partial charge in [0, 0.05) is 6.54 Å². The van der Waals surface area contributed by atoms with Crippen LogP contribution in [0.2, 0.25) is 0 Å². The number of hydrogen-bond acceptors (Lipinski definition) is 5. The van der Waals surface area contributed by atoms with Gasteiger partial charge in [-0.15, -0.1) is 0 Å². The molecule has 1 saturated heterocycles. The van der Waals surface area contributed by atoms with Gasteiger partial charge >= 0.3 is 0 Å². The summed E-state index contributed by atoms with van der Waals surface area (Å²) >= 11 is 3.33. The fourth-order valence-electron chi connectivity index (χ4n) is 1.88. The third-order valence-electron chi connectivity index (χ3n) is 2.82. The lowest BCUT2D eigenvalue weighted by molar-refractivity contribution is 0.591. The summed E-state index contributed by atoms with van der Waals surface area (Å²) < 4.78 is 24.0. The third kappa shape index (κ3) is 2.90. The highest BCUT2D eigenvalue weighted by atomic mass is 79.9. The maximum Gasteiger partial charge on any atom is 0.154 e. The summed E-state index contributed by atoms with van der Waals surface area (Å²) in [6.45, 7) is 0.401. The van der Waals surface area contributed by atoms with Crippen LogP contribution in [-0.4, -0.2) is 30.9 Å². The van der Waals surface area contributed by atoms with Crippen molar-refractivity contribution in [2.24, 2.45) is 0 Å². The first-order valence-electron chi connectivity index (χ1n) is 5.35. The number of nitrogens with one attached hydrogen (secondary N) is 1. The third-order valence-corrected chi connectivity index (χ3v) is 5.70. The second kappa shape index (κ2) is 4.81. The Kier molecular flexibility index (Phi) is 3.58. The van der Waals surface area contributed by atoms with Crippen LogP contribution in [0.5, 0.6) is 0 Å². The lowest BCUT2D eigenvalue weighted by atomic mass is 10.2. The SMILES string of the molecule is Nc1cnc(NCC2CCCS2(=O)=O)c(Br)c1. The number of hydrogen-bond donors (Lipinski definition) is 2. The lowest BCUT2D eigenvalue weighted by Gasteiger charge is -2.12. The molecule has 2 rings (SSSR count). The molecule has 0 aromatic carbocycles. The number of anilines is 2. The number of pyridine rings is 1. The van der Waals surface area contributed by atoms with Crippen molar-refractivity contribution in [3.63, 3.8) is 0 Å². The van der Waals surface area contributed by atoms with E-state index in [0.717, 1.165) is 17.3 Å². The summed E-state index contributed by atoms with van der Waals surface area (Å²) in [7, 11) is -2.91. The number of sulfone groups is 1. The van der Waals surface area contributed by atoms with E-state index in [9.17, 15) is 8.42 Å². The zero-order valence-electron chi connectivity index (χ0n) is 9.19. The van der Waals surface area contributed by atoms with Gasteiger partial charge in [-0.3, -0.25) is 0 Å². The van der Waals surface area contributed by atoms with Crippen molar-refractivity contribution in [3.05, 3.63) is 16.7 Å². The first-order valence-corrected chi connectivity index (χ1v) is 7.86. The summed E-state index contributed by atoms with van der Waals surface area (Å²) in [6, 6.07) is 1.73. The molecule has 7 heteroatoms. The standard InChI is InChI=1S/C10H14BrN3O2S/c11-9-4-7(12)5-13-10(9)14-6-8-2-1-3-17(8,15)16/h4-5,8H,1-3,6,12H2,(H,13,14). The molecule has 3 N–H and O–H groups in total. The number of rotatable bonds is 3. The number of nitrogens with two attached hydrogens (primary N) is 1. The fourth-order valence-corrected chi connectivity index (χ4v) is 4.15. The molecular weight excluding hydrogens is 306 g/mol. The molecule has 0 aliphatic carbocycles. The average molecular weight is 320 g/mol. The molecule has 1 atom stereocenters. The summed E-state index contributed by atoms with van der Waals surface area (Å²) in [4.78, 5) is 4.11. The first-order chi connectivity index (χ1) is 7.99. The smallest absolute Gasteiger partial charge is 0.154 e. The van der Waals surface area contributed by atoms with E-state index in [4.69, 9.17) is 5.73 Å². The molecular formula is C10H14BrN3O2S. The van der Waals surface area contributed by atoms with E-state index in [-0.39, 0.29) is 5.25 Å². The highest BCUT2D eigenvalue weighted by Gasteiger charge is 2.30. The van der Waals surface area contributed by atoms with Crippen LogP contribution >= 0.6 is 15.9 Å². The maximum absolute atomic E-state index is 11.6. The Morgan fingerprint density at radius 3 is 2.94 bits per heavy atom. The van der Waals surface area contributed by atoms with E-state index >= 15 is 0 Å². The number of halogens is 1. The van der Waals surface area contributed by atoms with E-state index in [2.05, 4.69) is 26.2 Å². The van der Waals surface area contributed by atoms with Crippen LogP contribution in [0.15, 0.2) is 16.7 Å². The summed E-state index contributed by atoms with van der Waals surface area (Å²) in [6.07, 6.45) is 3.02. The van der Waals surface area contributed by atoms with Gasteiger partial charge in [0.15, 0.2) is 9.84 Å². The van der Waals surface area contributed by atoms with Crippen molar-refractivity contribution in [1.82, 2.24) is 4.98 Å². The number of aromatic nitrogens is 1. The molecule has 1 aliphatic heterocycles. The zero-order chi connectivity index (χ0) is 12.5. The van der Waals surface area contributed by atoms with Crippen molar-refractivity contribution in [3.8, 4) is 0 Å². The van der Waals surface area contributed by atoms with Gasteiger partial charge < -0.3 is 11.1 Å². The van der Waals surface area contributed by atoms with E-state index in [1.54, 1.807) is 6.07 Å². The normalized spacial score (nSPS) is 22.5. The minimum absolute atomic E-state index is 0.297. The largest absolute Gasteiger partial charge is 0.397 e. The Balaban J connectivity index is 2.03. The van der Waals surface area contributed by atoms with Gasteiger partial charge in [-0.05, 0) is 34.8 Å².